The third kappa shape index (κ3) is 4.96. The fourth-order valence-corrected chi connectivity index (χ4v) is 1.39. The van der Waals surface area contributed by atoms with Gasteiger partial charge in [-0.2, -0.15) is 0 Å². The van der Waals surface area contributed by atoms with Crippen molar-refractivity contribution in [3.8, 4) is 0 Å². The molecule has 0 radical (unpaired) electrons. The number of ether oxygens (including phenoxy) is 1. The Balaban J connectivity index is 2.29. The van der Waals surface area contributed by atoms with Crippen molar-refractivity contribution in [3.63, 3.8) is 0 Å². The minimum absolute atomic E-state index is 0.736. The van der Waals surface area contributed by atoms with Crippen LogP contribution in [0.3, 0.4) is 0 Å². The first-order valence-electron chi connectivity index (χ1n) is 5.67. The van der Waals surface area contributed by atoms with Crippen molar-refractivity contribution in [3.05, 3.63) is 35.4 Å². The van der Waals surface area contributed by atoms with Gasteiger partial charge >= 0.3 is 0 Å². The smallest absolute Gasteiger partial charge is 0.0716 e. The molecular weight excluding hydrogens is 186 g/mol. The van der Waals surface area contributed by atoms with Crippen molar-refractivity contribution < 1.29 is 4.74 Å². The molecule has 0 saturated carbocycles. The van der Waals surface area contributed by atoms with Gasteiger partial charge in [0.2, 0.25) is 0 Å². The van der Waals surface area contributed by atoms with E-state index in [1.807, 2.05) is 7.05 Å². The third-order valence-electron chi connectivity index (χ3n) is 2.31. The van der Waals surface area contributed by atoms with Gasteiger partial charge in [0.1, 0.15) is 0 Å². The summed E-state index contributed by atoms with van der Waals surface area (Å²) < 4.78 is 5.54. The molecule has 1 rings (SSSR count). The topological polar surface area (TPSA) is 21.3 Å². The van der Waals surface area contributed by atoms with E-state index in [-0.39, 0.29) is 0 Å². The minimum Gasteiger partial charge on any atom is -0.377 e. The van der Waals surface area contributed by atoms with Crippen molar-refractivity contribution in [2.24, 2.45) is 0 Å². The molecule has 84 valence electrons. The van der Waals surface area contributed by atoms with Gasteiger partial charge in [0, 0.05) is 13.2 Å². The van der Waals surface area contributed by atoms with Gasteiger partial charge in [0.25, 0.3) is 0 Å². The van der Waals surface area contributed by atoms with Crippen molar-refractivity contribution in [1.82, 2.24) is 5.32 Å². The largest absolute Gasteiger partial charge is 0.377 e. The van der Waals surface area contributed by atoms with E-state index in [0.717, 1.165) is 26.2 Å². The predicted octanol–water partition coefficient (Wildman–Crippen LogP) is 2.72. The third-order valence-corrected chi connectivity index (χ3v) is 2.31. The normalized spacial score (nSPS) is 10.5. The van der Waals surface area contributed by atoms with Crippen LogP contribution in [0.4, 0.5) is 0 Å². The molecule has 0 atom stereocenters. The molecule has 15 heavy (non-hydrogen) atoms. The predicted molar refractivity (Wildman–Crippen MR) is 63.8 cm³/mol. The Morgan fingerprint density at radius 2 is 1.80 bits per heavy atom. The highest BCUT2D eigenvalue weighted by Gasteiger charge is 1.94. The van der Waals surface area contributed by atoms with Gasteiger partial charge < -0.3 is 10.1 Å². The van der Waals surface area contributed by atoms with E-state index in [4.69, 9.17) is 4.74 Å². The summed E-state index contributed by atoms with van der Waals surface area (Å²) in [7, 11) is 1.96. The van der Waals surface area contributed by atoms with E-state index in [9.17, 15) is 0 Å². The second-order valence-corrected chi connectivity index (χ2v) is 3.75. The summed E-state index contributed by atoms with van der Waals surface area (Å²) in [6.07, 6.45) is 2.35. The van der Waals surface area contributed by atoms with Gasteiger partial charge in [0.05, 0.1) is 6.61 Å². The zero-order valence-corrected chi connectivity index (χ0v) is 9.75. The highest BCUT2D eigenvalue weighted by atomic mass is 16.5. The molecule has 0 aromatic heterocycles. The lowest BCUT2D eigenvalue weighted by molar-refractivity contribution is 0.118. The molecule has 0 aliphatic heterocycles. The molecule has 0 amide bonds. The molecular formula is C13H21NO. The van der Waals surface area contributed by atoms with E-state index in [2.05, 4.69) is 36.5 Å². The second kappa shape index (κ2) is 7.43. The first-order chi connectivity index (χ1) is 7.36. The summed E-state index contributed by atoms with van der Waals surface area (Å²) >= 11 is 0. The number of unbranched alkanes of at least 4 members (excludes halogenated alkanes) is 1. The van der Waals surface area contributed by atoms with Gasteiger partial charge in [-0.15, -0.1) is 0 Å². The van der Waals surface area contributed by atoms with Crippen LogP contribution in [0.2, 0.25) is 0 Å². The maximum Gasteiger partial charge on any atom is 0.0716 e. The van der Waals surface area contributed by atoms with Crippen LogP contribution in [-0.4, -0.2) is 13.7 Å². The van der Waals surface area contributed by atoms with E-state index in [0.29, 0.717) is 0 Å². The van der Waals surface area contributed by atoms with E-state index < -0.39 is 0 Å². The summed E-state index contributed by atoms with van der Waals surface area (Å²) in [6, 6.07) is 8.57. The Kier molecular flexibility index (Phi) is 6.05. The molecule has 0 unspecified atom stereocenters. The lowest BCUT2D eigenvalue weighted by Crippen LogP contribution is -2.04. The van der Waals surface area contributed by atoms with Gasteiger partial charge in [0.15, 0.2) is 0 Å². The van der Waals surface area contributed by atoms with Gasteiger partial charge in [-0.3, -0.25) is 0 Å². The number of benzene rings is 1. The summed E-state index contributed by atoms with van der Waals surface area (Å²) in [5.41, 5.74) is 2.57. The molecule has 0 spiro atoms. The van der Waals surface area contributed by atoms with Crippen LogP contribution in [-0.2, 0) is 17.9 Å². The summed E-state index contributed by atoms with van der Waals surface area (Å²) in [5, 5.41) is 3.13. The van der Waals surface area contributed by atoms with Crippen LogP contribution < -0.4 is 5.32 Å². The molecule has 1 aromatic rings. The van der Waals surface area contributed by atoms with Gasteiger partial charge in [-0.25, -0.2) is 0 Å². The van der Waals surface area contributed by atoms with E-state index in [1.54, 1.807) is 0 Å². The van der Waals surface area contributed by atoms with Crippen LogP contribution in [0, 0.1) is 0 Å². The summed E-state index contributed by atoms with van der Waals surface area (Å²) in [5.74, 6) is 0. The summed E-state index contributed by atoms with van der Waals surface area (Å²) in [6.45, 7) is 4.71. The maximum absolute atomic E-state index is 5.54. The molecule has 1 aromatic carbocycles. The molecule has 0 bridgehead atoms. The molecule has 2 nitrogen and oxygen atoms in total. The molecule has 1 N–H and O–H groups in total. The lowest BCUT2D eigenvalue weighted by atomic mass is 10.1. The quantitative estimate of drug-likeness (QED) is 0.694. The zero-order chi connectivity index (χ0) is 10.9. The fraction of sp³-hybridized carbons (Fsp3) is 0.538. The molecule has 0 heterocycles. The first-order valence-corrected chi connectivity index (χ1v) is 5.67. The minimum atomic E-state index is 0.736. The molecule has 0 saturated heterocycles. The Morgan fingerprint density at radius 1 is 1.13 bits per heavy atom. The van der Waals surface area contributed by atoms with Gasteiger partial charge in [-0.1, -0.05) is 37.6 Å². The van der Waals surface area contributed by atoms with Gasteiger partial charge in [-0.05, 0) is 24.6 Å². The average molecular weight is 207 g/mol. The number of hydrogen-bond acceptors (Lipinski definition) is 2. The van der Waals surface area contributed by atoms with E-state index in [1.165, 1.54) is 17.5 Å². The monoisotopic (exact) mass is 207 g/mol. The Morgan fingerprint density at radius 3 is 2.40 bits per heavy atom. The van der Waals surface area contributed by atoms with E-state index >= 15 is 0 Å². The Labute approximate surface area is 92.6 Å². The number of hydrogen-bond donors (Lipinski definition) is 1. The SMILES string of the molecule is CCCCOCc1ccc(CNC)cc1. The van der Waals surface area contributed by atoms with Crippen LogP contribution in [0.1, 0.15) is 30.9 Å². The van der Waals surface area contributed by atoms with Crippen LogP contribution in [0.15, 0.2) is 24.3 Å². The zero-order valence-electron chi connectivity index (χ0n) is 9.75. The highest BCUT2D eigenvalue weighted by molar-refractivity contribution is 5.21. The fourth-order valence-electron chi connectivity index (χ4n) is 1.39. The summed E-state index contributed by atoms with van der Waals surface area (Å²) in [4.78, 5) is 0. The number of nitrogens with one attached hydrogen (secondary N) is 1. The van der Waals surface area contributed by atoms with Crippen molar-refractivity contribution in [1.29, 1.82) is 0 Å². The average Bonchev–Trinajstić information content (AvgIpc) is 2.27. The molecule has 0 aliphatic carbocycles. The Hall–Kier alpha value is -0.860. The van der Waals surface area contributed by atoms with Crippen LogP contribution in [0.5, 0.6) is 0 Å². The second-order valence-electron chi connectivity index (χ2n) is 3.75. The van der Waals surface area contributed by atoms with Crippen LogP contribution >= 0.6 is 0 Å². The van der Waals surface area contributed by atoms with Crippen LogP contribution in [0.25, 0.3) is 0 Å². The number of rotatable bonds is 7. The van der Waals surface area contributed by atoms with Crippen molar-refractivity contribution >= 4 is 0 Å². The maximum atomic E-state index is 5.54. The standard InChI is InChI=1S/C13H21NO/c1-3-4-9-15-11-13-7-5-12(6-8-13)10-14-2/h5-8,14H,3-4,9-11H2,1-2H3. The van der Waals surface area contributed by atoms with Crippen molar-refractivity contribution in [2.45, 2.75) is 32.9 Å². The molecule has 0 fully saturated rings. The molecule has 0 aliphatic rings. The highest BCUT2D eigenvalue weighted by Crippen LogP contribution is 2.06. The first kappa shape index (κ1) is 12.2. The lowest BCUT2D eigenvalue weighted by Gasteiger charge is -2.05. The van der Waals surface area contributed by atoms with Crippen molar-refractivity contribution in [2.75, 3.05) is 13.7 Å². The Bertz CT molecular complexity index is 256. The molecule has 2 heteroatoms.